The summed E-state index contributed by atoms with van der Waals surface area (Å²) in [5.41, 5.74) is 1.31. The van der Waals surface area contributed by atoms with E-state index < -0.39 is 0 Å². The summed E-state index contributed by atoms with van der Waals surface area (Å²) in [6, 6.07) is 12.9. The fourth-order valence-electron chi connectivity index (χ4n) is 2.04. The highest BCUT2D eigenvalue weighted by atomic mass is 79.9. The van der Waals surface area contributed by atoms with Crippen LogP contribution in [-0.4, -0.2) is 9.55 Å². The number of rotatable bonds is 1. The average Bonchev–Trinajstić information content (AvgIpc) is 2.42. The molecule has 1 heterocycles. The maximum absolute atomic E-state index is 12.7. The van der Waals surface area contributed by atoms with Crippen LogP contribution in [-0.2, 0) is 0 Å². The molecule has 20 heavy (non-hydrogen) atoms. The monoisotopic (exact) mass is 410 g/mol. The Labute approximate surface area is 136 Å². The van der Waals surface area contributed by atoms with Gasteiger partial charge in [0.15, 0.2) is 4.77 Å². The minimum absolute atomic E-state index is 0.136. The predicted octanol–water partition coefficient (Wildman–Crippen LogP) is 4.57. The van der Waals surface area contributed by atoms with E-state index in [-0.39, 0.29) is 5.56 Å². The standard InChI is InChI=1S/C14H8Br2N2OS/c15-8-5-6-10(16)12(7-8)18-13(19)9-3-1-2-4-11(9)17-14(18)20/h1-7H,(H,17,20). The first kappa shape index (κ1) is 13.7. The van der Waals surface area contributed by atoms with E-state index >= 15 is 0 Å². The summed E-state index contributed by atoms with van der Waals surface area (Å²) in [4.78, 5) is 15.7. The molecule has 3 rings (SSSR count). The number of nitrogens with zero attached hydrogens (tertiary/aromatic N) is 1. The van der Waals surface area contributed by atoms with Crippen molar-refractivity contribution in [2.45, 2.75) is 0 Å². The summed E-state index contributed by atoms with van der Waals surface area (Å²) in [7, 11) is 0. The van der Waals surface area contributed by atoms with Crippen molar-refractivity contribution in [1.29, 1.82) is 0 Å². The topological polar surface area (TPSA) is 37.8 Å². The van der Waals surface area contributed by atoms with E-state index in [4.69, 9.17) is 12.2 Å². The first-order valence-electron chi connectivity index (χ1n) is 5.77. The van der Waals surface area contributed by atoms with Crippen molar-refractivity contribution < 1.29 is 0 Å². The van der Waals surface area contributed by atoms with Crippen LogP contribution in [0.15, 0.2) is 56.2 Å². The quantitative estimate of drug-likeness (QED) is 0.595. The molecular formula is C14H8Br2N2OS. The van der Waals surface area contributed by atoms with Crippen molar-refractivity contribution in [1.82, 2.24) is 9.55 Å². The second-order valence-electron chi connectivity index (χ2n) is 4.21. The Kier molecular flexibility index (Phi) is 3.62. The summed E-state index contributed by atoms with van der Waals surface area (Å²) in [6.07, 6.45) is 0. The molecule has 0 saturated carbocycles. The third kappa shape index (κ3) is 2.28. The summed E-state index contributed by atoms with van der Waals surface area (Å²) in [6.45, 7) is 0. The summed E-state index contributed by atoms with van der Waals surface area (Å²) < 4.78 is 3.54. The fourth-order valence-corrected chi connectivity index (χ4v) is 3.10. The Balaban J connectivity index is 2.46. The van der Waals surface area contributed by atoms with E-state index in [1.807, 2.05) is 36.4 Å². The van der Waals surface area contributed by atoms with E-state index in [1.165, 1.54) is 4.57 Å². The molecule has 0 bridgehead atoms. The zero-order chi connectivity index (χ0) is 14.3. The number of para-hydroxylation sites is 1. The van der Waals surface area contributed by atoms with Gasteiger partial charge in [0.25, 0.3) is 5.56 Å². The summed E-state index contributed by atoms with van der Waals surface area (Å²) >= 11 is 12.2. The Bertz CT molecular complexity index is 930. The van der Waals surface area contributed by atoms with Gasteiger partial charge in [-0.05, 0) is 58.5 Å². The molecule has 1 aromatic heterocycles. The molecule has 0 fully saturated rings. The molecule has 3 aromatic rings. The highest BCUT2D eigenvalue weighted by Gasteiger charge is 2.10. The van der Waals surface area contributed by atoms with Crippen LogP contribution in [0.2, 0.25) is 0 Å². The first-order chi connectivity index (χ1) is 9.58. The normalized spacial score (nSPS) is 10.9. The van der Waals surface area contributed by atoms with Gasteiger partial charge in [-0.3, -0.25) is 9.36 Å². The average molecular weight is 412 g/mol. The molecule has 2 aromatic carbocycles. The second-order valence-corrected chi connectivity index (χ2v) is 6.37. The van der Waals surface area contributed by atoms with Gasteiger partial charge < -0.3 is 4.98 Å². The van der Waals surface area contributed by atoms with Crippen molar-refractivity contribution in [3.8, 4) is 5.69 Å². The van der Waals surface area contributed by atoms with Gasteiger partial charge in [-0.15, -0.1) is 0 Å². The zero-order valence-electron chi connectivity index (χ0n) is 10.1. The van der Waals surface area contributed by atoms with Gasteiger partial charge in [0.2, 0.25) is 0 Å². The largest absolute Gasteiger partial charge is 0.331 e. The predicted molar refractivity (Wildman–Crippen MR) is 90.1 cm³/mol. The number of aromatic amines is 1. The van der Waals surface area contributed by atoms with E-state index in [1.54, 1.807) is 6.07 Å². The lowest BCUT2D eigenvalue weighted by Crippen LogP contribution is -2.20. The van der Waals surface area contributed by atoms with Crippen LogP contribution in [0.3, 0.4) is 0 Å². The van der Waals surface area contributed by atoms with Gasteiger partial charge in [-0.25, -0.2) is 0 Å². The van der Waals surface area contributed by atoms with E-state index in [0.717, 1.165) is 14.5 Å². The third-order valence-electron chi connectivity index (χ3n) is 2.95. The van der Waals surface area contributed by atoms with Crippen LogP contribution in [0.4, 0.5) is 0 Å². The molecule has 6 heteroatoms. The number of hydrogen-bond donors (Lipinski definition) is 1. The number of halogens is 2. The minimum atomic E-state index is -0.136. The third-order valence-corrected chi connectivity index (χ3v) is 4.40. The lowest BCUT2D eigenvalue weighted by atomic mass is 10.2. The summed E-state index contributed by atoms with van der Waals surface area (Å²) in [5, 5.41) is 0.605. The Morgan fingerprint density at radius 3 is 2.65 bits per heavy atom. The molecule has 0 aliphatic carbocycles. The molecule has 0 saturated heterocycles. The van der Waals surface area contributed by atoms with Gasteiger partial charge in [-0.2, -0.15) is 0 Å². The van der Waals surface area contributed by atoms with E-state index in [9.17, 15) is 4.79 Å². The lowest BCUT2D eigenvalue weighted by molar-refractivity contribution is 0.934. The number of fused-ring (bicyclic) bond motifs is 1. The molecule has 3 nitrogen and oxygen atoms in total. The maximum Gasteiger partial charge on any atom is 0.266 e. The van der Waals surface area contributed by atoms with Crippen molar-refractivity contribution in [2.75, 3.05) is 0 Å². The molecular weight excluding hydrogens is 404 g/mol. The Hall–Kier alpha value is -1.24. The molecule has 0 spiro atoms. The van der Waals surface area contributed by atoms with Crippen LogP contribution in [0.5, 0.6) is 0 Å². The zero-order valence-corrected chi connectivity index (χ0v) is 14.0. The SMILES string of the molecule is O=c1c2ccccc2[nH]c(=S)n1-c1cc(Br)ccc1Br. The molecule has 0 aliphatic heterocycles. The molecule has 0 radical (unpaired) electrons. The highest BCUT2D eigenvalue weighted by molar-refractivity contribution is 9.11. The van der Waals surface area contributed by atoms with Crippen LogP contribution in [0, 0.1) is 4.77 Å². The highest BCUT2D eigenvalue weighted by Crippen LogP contribution is 2.24. The second kappa shape index (κ2) is 5.27. The molecule has 0 aliphatic rings. The number of aromatic nitrogens is 2. The number of hydrogen-bond acceptors (Lipinski definition) is 2. The molecule has 100 valence electrons. The first-order valence-corrected chi connectivity index (χ1v) is 7.77. The number of nitrogens with one attached hydrogen (secondary N) is 1. The number of H-pyrrole nitrogens is 1. The number of benzene rings is 2. The van der Waals surface area contributed by atoms with Crippen molar-refractivity contribution in [2.24, 2.45) is 0 Å². The van der Waals surface area contributed by atoms with Crippen molar-refractivity contribution in [3.05, 3.63) is 66.5 Å². The van der Waals surface area contributed by atoms with Crippen molar-refractivity contribution in [3.63, 3.8) is 0 Å². The fraction of sp³-hybridized carbons (Fsp3) is 0. The van der Waals surface area contributed by atoms with Gasteiger partial charge in [0, 0.05) is 8.95 Å². The van der Waals surface area contributed by atoms with Gasteiger partial charge in [0.05, 0.1) is 16.6 Å². The molecule has 0 atom stereocenters. The lowest BCUT2D eigenvalue weighted by Gasteiger charge is -2.10. The molecule has 0 amide bonds. The summed E-state index contributed by atoms with van der Waals surface area (Å²) in [5.74, 6) is 0. The van der Waals surface area contributed by atoms with Gasteiger partial charge in [0.1, 0.15) is 0 Å². The van der Waals surface area contributed by atoms with Crippen molar-refractivity contribution >= 4 is 55.0 Å². The van der Waals surface area contributed by atoms with Crippen LogP contribution in [0.25, 0.3) is 16.6 Å². The minimum Gasteiger partial charge on any atom is -0.331 e. The molecule has 0 unspecified atom stereocenters. The van der Waals surface area contributed by atoms with Gasteiger partial charge >= 0.3 is 0 Å². The van der Waals surface area contributed by atoms with E-state index in [2.05, 4.69) is 36.8 Å². The van der Waals surface area contributed by atoms with Crippen LogP contribution >= 0.6 is 44.1 Å². The van der Waals surface area contributed by atoms with Crippen LogP contribution < -0.4 is 5.56 Å². The molecule has 1 N–H and O–H groups in total. The maximum atomic E-state index is 12.7. The van der Waals surface area contributed by atoms with Gasteiger partial charge in [-0.1, -0.05) is 28.1 Å². The van der Waals surface area contributed by atoms with Crippen LogP contribution in [0.1, 0.15) is 0 Å². The van der Waals surface area contributed by atoms with E-state index in [0.29, 0.717) is 15.8 Å². The Morgan fingerprint density at radius 2 is 1.85 bits per heavy atom. The Morgan fingerprint density at radius 1 is 1.10 bits per heavy atom. The smallest absolute Gasteiger partial charge is 0.266 e.